The van der Waals surface area contributed by atoms with Gasteiger partial charge in [-0.1, -0.05) is 18.5 Å². The van der Waals surface area contributed by atoms with Crippen molar-refractivity contribution in [1.29, 1.82) is 0 Å². The Kier molecular flexibility index (Phi) is 7.69. The SMILES string of the molecule is CCCOc1c(Cl)cc(C(=O)N2CCN(c3ccc(OC)cc3)CC2)cc1OCC. The van der Waals surface area contributed by atoms with E-state index in [1.54, 1.807) is 19.2 Å². The van der Waals surface area contributed by atoms with Gasteiger partial charge in [0.05, 0.1) is 25.3 Å². The third-order valence-electron chi connectivity index (χ3n) is 5.01. The Hall–Kier alpha value is -2.60. The second-order valence-electron chi connectivity index (χ2n) is 7.04. The van der Waals surface area contributed by atoms with Crippen molar-refractivity contribution in [2.75, 3.05) is 51.4 Å². The van der Waals surface area contributed by atoms with E-state index in [-0.39, 0.29) is 5.91 Å². The molecule has 2 aromatic rings. The van der Waals surface area contributed by atoms with E-state index in [1.165, 1.54) is 0 Å². The van der Waals surface area contributed by atoms with Crippen molar-refractivity contribution >= 4 is 23.2 Å². The number of nitrogens with zero attached hydrogens (tertiary/aromatic N) is 2. The molecule has 0 bridgehead atoms. The van der Waals surface area contributed by atoms with Gasteiger partial charge < -0.3 is 24.0 Å². The highest BCUT2D eigenvalue weighted by atomic mass is 35.5. The van der Waals surface area contributed by atoms with Gasteiger partial charge in [-0.25, -0.2) is 0 Å². The molecule has 162 valence electrons. The average molecular weight is 433 g/mol. The first-order valence-corrected chi connectivity index (χ1v) is 10.7. The van der Waals surface area contributed by atoms with Gasteiger partial charge >= 0.3 is 0 Å². The van der Waals surface area contributed by atoms with E-state index >= 15 is 0 Å². The lowest BCUT2D eigenvalue weighted by atomic mass is 10.1. The van der Waals surface area contributed by atoms with Crippen molar-refractivity contribution in [3.05, 3.63) is 47.0 Å². The van der Waals surface area contributed by atoms with Crippen LogP contribution in [0.3, 0.4) is 0 Å². The van der Waals surface area contributed by atoms with Crippen molar-refractivity contribution in [2.45, 2.75) is 20.3 Å². The summed E-state index contributed by atoms with van der Waals surface area (Å²) in [5.41, 5.74) is 1.65. The minimum atomic E-state index is -0.0470. The highest BCUT2D eigenvalue weighted by molar-refractivity contribution is 6.32. The number of halogens is 1. The van der Waals surface area contributed by atoms with Gasteiger partial charge in [0.25, 0.3) is 5.91 Å². The van der Waals surface area contributed by atoms with Crippen molar-refractivity contribution in [3.8, 4) is 17.2 Å². The van der Waals surface area contributed by atoms with Gasteiger partial charge in [0.15, 0.2) is 11.5 Å². The Morgan fingerprint density at radius 1 is 1.03 bits per heavy atom. The first kappa shape index (κ1) is 22.1. The van der Waals surface area contributed by atoms with Crippen LogP contribution in [0.25, 0.3) is 0 Å². The molecule has 3 rings (SSSR count). The van der Waals surface area contributed by atoms with E-state index in [2.05, 4.69) is 4.90 Å². The molecule has 0 aromatic heterocycles. The predicted molar refractivity (Wildman–Crippen MR) is 120 cm³/mol. The number of hydrogen-bond donors (Lipinski definition) is 0. The molecule has 6 nitrogen and oxygen atoms in total. The zero-order chi connectivity index (χ0) is 21.5. The molecule has 2 aromatic carbocycles. The summed E-state index contributed by atoms with van der Waals surface area (Å²) in [7, 11) is 1.66. The molecular formula is C23H29ClN2O4. The second kappa shape index (κ2) is 10.4. The maximum Gasteiger partial charge on any atom is 0.254 e. The molecular weight excluding hydrogens is 404 g/mol. The van der Waals surface area contributed by atoms with Gasteiger partial charge in [-0.3, -0.25) is 4.79 Å². The predicted octanol–water partition coefficient (Wildman–Crippen LogP) is 4.50. The summed E-state index contributed by atoms with van der Waals surface area (Å²) in [6, 6.07) is 11.4. The molecule has 1 amide bonds. The zero-order valence-corrected chi connectivity index (χ0v) is 18.6. The zero-order valence-electron chi connectivity index (χ0n) is 17.8. The third-order valence-corrected chi connectivity index (χ3v) is 5.29. The van der Waals surface area contributed by atoms with Gasteiger partial charge in [-0.15, -0.1) is 0 Å². The van der Waals surface area contributed by atoms with Crippen molar-refractivity contribution in [3.63, 3.8) is 0 Å². The molecule has 1 heterocycles. The monoisotopic (exact) mass is 432 g/mol. The Bertz CT molecular complexity index is 849. The molecule has 0 spiro atoms. The van der Waals surface area contributed by atoms with E-state index in [4.69, 9.17) is 25.8 Å². The number of ether oxygens (including phenoxy) is 3. The summed E-state index contributed by atoms with van der Waals surface area (Å²) in [6.07, 6.45) is 0.862. The van der Waals surface area contributed by atoms with Crippen LogP contribution in [-0.4, -0.2) is 57.3 Å². The fourth-order valence-electron chi connectivity index (χ4n) is 3.44. The number of carbonyl (C=O) groups is 1. The fraction of sp³-hybridized carbons (Fsp3) is 0.435. The highest BCUT2D eigenvalue weighted by Gasteiger charge is 2.24. The standard InChI is InChI=1S/C23H29ClN2O4/c1-4-14-30-22-20(24)15-17(16-21(22)29-5-2)23(27)26-12-10-25(11-13-26)18-6-8-19(28-3)9-7-18/h6-9,15-16H,4-5,10-14H2,1-3H3. The Morgan fingerprint density at radius 2 is 1.73 bits per heavy atom. The van der Waals surface area contributed by atoms with E-state index in [0.717, 1.165) is 30.9 Å². The minimum absolute atomic E-state index is 0.0470. The Morgan fingerprint density at radius 3 is 2.33 bits per heavy atom. The quantitative estimate of drug-likeness (QED) is 0.614. The lowest BCUT2D eigenvalue weighted by Gasteiger charge is -2.36. The number of methoxy groups -OCH3 is 1. The van der Waals surface area contributed by atoms with Crippen LogP contribution in [0.5, 0.6) is 17.2 Å². The van der Waals surface area contributed by atoms with Crippen molar-refractivity contribution < 1.29 is 19.0 Å². The molecule has 7 heteroatoms. The molecule has 1 aliphatic rings. The first-order chi connectivity index (χ1) is 14.6. The highest BCUT2D eigenvalue weighted by Crippen LogP contribution is 2.37. The van der Waals surface area contributed by atoms with Gasteiger partial charge in [0, 0.05) is 37.4 Å². The smallest absolute Gasteiger partial charge is 0.254 e. The number of hydrogen-bond acceptors (Lipinski definition) is 5. The van der Waals surface area contributed by atoms with E-state index in [1.807, 2.05) is 43.0 Å². The molecule has 0 saturated carbocycles. The molecule has 0 N–H and O–H groups in total. The van der Waals surface area contributed by atoms with Crippen LogP contribution in [0.15, 0.2) is 36.4 Å². The number of benzene rings is 2. The average Bonchev–Trinajstić information content (AvgIpc) is 2.78. The molecule has 1 saturated heterocycles. The van der Waals surface area contributed by atoms with Crippen LogP contribution in [0.4, 0.5) is 5.69 Å². The van der Waals surface area contributed by atoms with Crippen LogP contribution in [-0.2, 0) is 0 Å². The van der Waals surface area contributed by atoms with E-state index in [9.17, 15) is 4.79 Å². The van der Waals surface area contributed by atoms with E-state index < -0.39 is 0 Å². The normalized spacial score (nSPS) is 13.9. The van der Waals surface area contributed by atoms with Crippen LogP contribution >= 0.6 is 11.6 Å². The van der Waals surface area contributed by atoms with E-state index in [0.29, 0.717) is 48.4 Å². The second-order valence-corrected chi connectivity index (χ2v) is 7.45. The molecule has 0 unspecified atom stereocenters. The number of carbonyl (C=O) groups excluding carboxylic acids is 1. The Balaban J connectivity index is 1.69. The maximum absolute atomic E-state index is 13.1. The Labute approximate surface area is 183 Å². The van der Waals surface area contributed by atoms with Gasteiger partial charge in [-0.05, 0) is 49.7 Å². The number of anilines is 1. The summed E-state index contributed by atoms with van der Waals surface area (Å²) >= 11 is 6.42. The summed E-state index contributed by atoms with van der Waals surface area (Å²) < 4.78 is 16.6. The molecule has 1 fully saturated rings. The summed E-state index contributed by atoms with van der Waals surface area (Å²) in [5, 5.41) is 0.398. The van der Waals surface area contributed by atoms with Crippen LogP contribution in [0.2, 0.25) is 5.02 Å². The van der Waals surface area contributed by atoms with Crippen LogP contribution < -0.4 is 19.1 Å². The minimum Gasteiger partial charge on any atom is -0.497 e. The van der Waals surface area contributed by atoms with Gasteiger partial charge in [0.1, 0.15) is 5.75 Å². The molecule has 0 atom stereocenters. The topological polar surface area (TPSA) is 51.2 Å². The number of amides is 1. The summed E-state index contributed by atoms with van der Waals surface area (Å²) in [4.78, 5) is 17.2. The molecule has 1 aliphatic heterocycles. The molecule has 0 radical (unpaired) electrons. The largest absolute Gasteiger partial charge is 0.497 e. The maximum atomic E-state index is 13.1. The van der Waals surface area contributed by atoms with Gasteiger partial charge in [0.2, 0.25) is 0 Å². The molecule has 0 aliphatic carbocycles. The lowest BCUT2D eigenvalue weighted by molar-refractivity contribution is 0.0746. The summed E-state index contributed by atoms with van der Waals surface area (Å²) in [6.45, 7) is 7.74. The van der Waals surface area contributed by atoms with Crippen LogP contribution in [0.1, 0.15) is 30.6 Å². The summed E-state index contributed by atoms with van der Waals surface area (Å²) in [5.74, 6) is 1.80. The number of rotatable bonds is 8. The van der Waals surface area contributed by atoms with Gasteiger partial charge in [-0.2, -0.15) is 0 Å². The number of piperazine rings is 1. The van der Waals surface area contributed by atoms with Crippen molar-refractivity contribution in [1.82, 2.24) is 4.90 Å². The van der Waals surface area contributed by atoms with Crippen molar-refractivity contribution in [2.24, 2.45) is 0 Å². The van der Waals surface area contributed by atoms with Crippen LogP contribution in [0, 0.1) is 0 Å². The fourth-order valence-corrected chi connectivity index (χ4v) is 3.71. The third kappa shape index (κ3) is 5.11. The lowest BCUT2D eigenvalue weighted by Crippen LogP contribution is -2.48. The first-order valence-electron chi connectivity index (χ1n) is 10.3. The molecule has 30 heavy (non-hydrogen) atoms.